The van der Waals surface area contributed by atoms with Gasteiger partial charge in [0, 0.05) is 19.2 Å². The molecule has 0 aromatic heterocycles. The largest absolute Gasteiger partial charge is 0.493 e. The van der Waals surface area contributed by atoms with Gasteiger partial charge in [-0.15, -0.1) is 0 Å². The van der Waals surface area contributed by atoms with Crippen LogP contribution >= 0.6 is 0 Å². The lowest BCUT2D eigenvalue weighted by atomic mass is 10.1. The van der Waals surface area contributed by atoms with Gasteiger partial charge >= 0.3 is 5.97 Å². The SMILES string of the molecule is COc1cc(C(=O)N(C)CC(C)C(=O)O)ccc1OCC(C)C. The van der Waals surface area contributed by atoms with E-state index in [2.05, 4.69) is 0 Å². The first-order valence-corrected chi connectivity index (χ1v) is 7.55. The Balaban J connectivity index is 2.87. The number of carbonyl (C=O) groups is 2. The number of rotatable bonds is 8. The van der Waals surface area contributed by atoms with Crippen LogP contribution in [0.3, 0.4) is 0 Å². The first-order valence-electron chi connectivity index (χ1n) is 7.55. The Morgan fingerprint density at radius 2 is 1.87 bits per heavy atom. The molecule has 6 heteroatoms. The van der Waals surface area contributed by atoms with E-state index >= 15 is 0 Å². The molecule has 0 aliphatic carbocycles. The summed E-state index contributed by atoms with van der Waals surface area (Å²) in [6.45, 7) is 6.35. The lowest BCUT2D eigenvalue weighted by molar-refractivity contribution is -0.141. The summed E-state index contributed by atoms with van der Waals surface area (Å²) in [5, 5.41) is 8.93. The fraction of sp³-hybridized carbons (Fsp3) is 0.529. The molecule has 1 aromatic rings. The van der Waals surface area contributed by atoms with E-state index in [0.717, 1.165) is 0 Å². The van der Waals surface area contributed by atoms with Crippen LogP contribution in [-0.4, -0.2) is 49.2 Å². The minimum atomic E-state index is -0.931. The summed E-state index contributed by atoms with van der Waals surface area (Å²) in [7, 11) is 3.10. The van der Waals surface area contributed by atoms with Crippen molar-refractivity contribution >= 4 is 11.9 Å². The van der Waals surface area contributed by atoms with Crippen molar-refractivity contribution in [2.24, 2.45) is 11.8 Å². The van der Waals surface area contributed by atoms with Crippen molar-refractivity contribution < 1.29 is 24.2 Å². The van der Waals surface area contributed by atoms with E-state index in [4.69, 9.17) is 14.6 Å². The molecule has 0 saturated carbocycles. The summed E-state index contributed by atoms with van der Waals surface area (Å²) >= 11 is 0. The molecule has 0 spiro atoms. The third-order valence-corrected chi connectivity index (χ3v) is 3.30. The predicted octanol–water partition coefficient (Wildman–Crippen LogP) is 2.52. The van der Waals surface area contributed by atoms with Crippen LogP contribution in [0.25, 0.3) is 0 Å². The molecule has 1 aromatic carbocycles. The average molecular weight is 323 g/mol. The monoisotopic (exact) mass is 323 g/mol. The number of aliphatic carboxylic acids is 1. The number of ether oxygens (including phenoxy) is 2. The molecule has 1 rings (SSSR count). The minimum absolute atomic E-state index is 0.141. The summed E-state index contributed by atoms with van der Waals surface area (Å²) < 4.78 is 10.9. The normalized spacial score (nSPS) is 11.9. The standard InChI is InChI=1S/C17H25NO5/c1-11(2)10-23-14-7-6-13(8-15(14)22-5)16(19)18(4)9-12(3)17(20)21/h6-8,11-12H,9-10H2,1-5H3,(H,20,21). The smallest absolute Gasteiger partial charge is 0.308 e. The molecule has 1 unspecified atom stereocenters. The zero-order valence-electron chi connectivity index (χ0n) is 14.3. The quantitative estimate of drug-likeness (QED) is 0.795. The Bertz CT molecular complexity index is 556. The van der Waals surface area contributed by atoms with Crippen molar-refractivity contribution in [1.29, 1.82) is 0 Å². The molecule has 0 aliphatic rings. The zero-order valence-corrected chi connectivity index (χ0v) is 14.3. The number of carboxylic acid groups (broad SMARTS) is 1. The highest BCUT2D eigenvalue weighted by molar-refractivity contribution is 5.95. The van der Waals surface area contributed by atoms with Crippen LogP contribution in [0.15, 0.2) is 18.2 Å². The third-order valence-electron chi connectivity index (χ3n) is 3.30. The molecule has 128 valence electrons. The number of benzene rings is 1. The molecule has 6 nitrogen and oxygen atoms in total. The fourth-order valence-corrected chi connectivity index (χ4v) is 1.97. The maximum Gasteiger partial charge on any atom is 0.308 e. The Morgan fingerprint density at radius 1 is 1.22 bits per heavy atom. The molecule has 1 N–H and O–H groups in total. The van der Waals surface area contributed by atoms with E-state index in [1.807, 2.05) is 13.8 Å². The molecule has 0 bridgehead atoms. The molecule has 0 heterocycles. The van der Waals surface area contributed by atoms with Gasteiger partial charge in [0.2, 0.25) is 0 Å². The van der Waals surface area contributed by atoms with Gasteiger partial charge in [-0.05, 0) is 24.1 Å². The Hall–Kier alpha value is -2.24. The third kappa shape index (κ3) is 5.47. The number of methoxy groups -OCH3 is 1. The summed E-state index contributed by atoms with van der Waals surface area (Å²) in [6, 6.07) is 4.96. The van der Waals surface area contributed by atoms with E-state index < -0.39 is 11.9 Å². The molecule has 23 heavy (non-hydrogen) atoms. The van der Waals surface area contributed by atoms with Crippen LogP contribution in [-0.2, 0) is 4.79 Å². The molecule has 1 atom stereocenters. The first kappa shape index (κ1) is 18.8. The average Bonchev–Trinajstić information content (AvgIpc) is 2.51. The van der Waals surface area contributed by atoms with E-state index in [0.29, 0.717) is 29.6 Å². The topological polar surface area (TPSA) is 76.1 Å². The molecular formula is C17H25NO5. The number of nitrogens with zero attached hydrogens (tertiary/aromatic N) is 1. The number of carboxylic acids is 1. The van der Waals surface area contributed by atoms with Crippen molar-refractivity contribution in [3.8, 4) is 11.5 Å². The van der Waals surface area contributed by atoms with E-state index in [1.54, 1.807) is 32.2 Å². The second-order valence-electron chi connectivity index (χ2n) is 6.00. The maximum atomic E-state index is 12.4. The maximum absolute atomic E-state index is 12.4. The van der Waals surface area contributed by atoms with Crippen LogP contribution in [0.4, 0.5) is 0 Å². The number of amides is 1. The number of hydrogen-bond acceptors (Lipinski definition) is 4. The van der Waals surface area contributed by atoms with Gasteiger partial charge in [-0.2, -0.15) is 0 Å². The van der Waals surface area contributed by atoms with Gasteiger partial charge in [-0.25, -0.2) is 0 Å². The van der Waals surface area contributed by atoms with Crippen LogP contribution in [0.1, 0.15) is 31.1 Å². The van der Waals surface area contributed by atoms with Crippen LogP contribution in [0, 0.1) is 11.8 Å². The second-order valence-corrected chi connectivity index (χ2v) is 6.00. The van der Waals surface area contributed by atoms with Gasteiger partial charge in [0.1, 0.15) is 0 Å². The summed E-state index contributed by atoms with van der Waals surface area (Å²) in [5.74, 6) is -0.369. The number of hydrogen-bond donors (Lipinski definition) is 1. The molecule has 0 saturated heterocycles. The fourth-order valence-electron chi connectivity index (χ4n) is 1.97. The highest BCUT2D eigenvalue weighted by Gasteiger charge is 2.19. The molecule has 0 fully saturated rings. The molecule has 0 radical (unpaired) electrons. The Kier molecular flexibility index (Phi) is 6.88. The lowest BCUT2D eigenvalue weighted by Crippen LogP contribution is -2.33. The van der Waals surface area contributed by atoms with E-state index in [9.17, 15) is 9.59 Å². The minimum Gasteiger partial charge on any atom is -0.493 e. The highest BCUT2D eigenvalue weighted by Crippen LogP contribution is 2.29. The van der Waals surface area contributed by atoms with Crippen LogP contribution < -0.4 is 9.47 Å². The van der Waals surface area contributed by atoms with Crippen LogP contribution in [0.2, 0.25) is 0 Å². The Morgan fingerprint density at radius 3 is 2.39 bits per heavy atom. The van der Waals surface area contributed by atoms with Crippen molar-refractivity contribution in [2.75, 3.05) is 27.3 Å². The molecule has 0 aliphatic heterocycles. The lowest BCUT2D eigenvalue weighted by Gasteiger charge is -2.20. The van der Waals surface area contributed by atoms with Gasteiger partial charge in [0.15, 0.2) is 11.5 Å². The summed E-state index contributed by atoms with van der Waals surface area (Å²) in [4.78, 5) is 24.7. The highest BCUT2D eigenvalue weighted by atomic mass is 16.5. The van der Waals surface area contributed by atoms with Crippen molar-refractivity contribution in [3.63, 3.8) is 0 Å². The van der Waals surface area contributed by atoms with E-state index in [-0.39, 0.29) is 12.5 Å². The number of carbonyl (C=O) groups excluding carboxylic acids is 1. The van der Waals surface area contributed by atoms with Gasteiger partial charge < -0.3 is 19.5 Å². The Labute approximate surface area is 137 Å². The summed E-state index contributed by atoms with van der Waals surface area (Å²) in [6.07, 6.45) is 0. The predicted molar refractivity (Wildman–Crippen MR) is 87.1 cm³/mol. The summed E-state index contributed by atoms with van der Waals surface area (Å²) in [5.41, 5.74) is 0.429. The zero-order chi connectivity index (χ0) is 17.6. The van der Waals surface area contributed by atoms with Crippen molar-refractivity contribution in [3.05, 3.63) is 23.8 Å². The van der Waals surface area contributed by atoms with Crippen molar-refractivity contribution in [1.82, 2.24) is 4.90 Å². The molecular weight excluding hydrogens is 298 g/mol. The van der Waals surface area contributed by atoms with Gasteiger partial charge in [0.05, 0.1) is 19.6 Å². The van der Waals surface area contributed by atoms with Crippen LogP contribution in [0.5, 0.6) is 11.5 Å². The van der Waals surface area contributed by atoms with Gasteiger partial charge in [-0.3, -0.25) is 9.59 Å². The second kappa shape index (κ2) is 8.41. The van der Waals surface area contributed by atoms with Gasteiger partial charge in [-0.1, -0.05) is 20.8 Å². The van der Waals surface area contributed by atoms with Crippen molar-refractivity contribution in [2.45, 2.75) is 20.8 Å². The molecule has 1 amide bonds. The van der Waals surface area contributed by atoms with Gasteiger partial charge in [0.25, 0.3) is 5.91 Å². The first-order chi connectivity index (χ1) is 10.8. The van der Waals surface area contributed by atoms with E-state index in [1.165, 1.54) is 12.0 Å².